The summed E-state index contributed by atoms with van der Waals surface area (Å²) in [6, 6.07) is 4.81. The molecular weight excluding hydrogens is 346 g/mol. The van der Waals surface area contributed by atoms with E-state index in [9.17, 15) is 14.4 Å². The molecule has 10 heteroatoms. The van der Waals surface area contributed by atoms with Gasteiger partial charge in [-0.3, -0.25) is 10.1 Å². The highest BCUT2D eigenvalue weighted by Crippen LogP contribution is 2.33. The molecule has 4 rings (SSSR count). The van der Waals surface area contributed by atoms with E-state index in [1.807, 2.05) is 6.07 Å². The van der Waals surface area contributed by atoms with Crippen LogP contribution < -0.4 is 10.9 Å². The second-order valence-electron chi connectivity index (χ2n) is 6.28. The number of aromatic carboxylic acids is 1. The molecule has 2 aliphatic heterocycles. The molecule has 2 bridgehead atoms. The summed E-state index contributed by atoms with van der Waals surface area (Å²) < 4.78 is 5.34. The van der Waals surface area contributed by atoms with Gasteiger partial charge in [0.1, 0.15) is 0 Å². The van der Waals surface area contributed by atoms with Crippen LogP contribution in [0.4, 0.5) is 9.80 Å². The van der Waals surface area contributed by atoms with E-state index in [0.29, 0.717) is 13.1 Å². The van der Waals surface area contributed by atoms with Gasteiger partial charge in [-0.25, -0.2) is 9.59 Å². The molecule has 25 heavy (non-hydrogen) atoms. The Hall–Kier alpha value is -2.75. The number of likely N-dealkylation sites (tertiary alicyclic amines) is 1. The number of aromatic nitrogens is 3. The summed E-state index contributed by atoms with van der Waals surface area (Å²) in [5.74, 6) is -0.954. The van der Waals surface area contributed by atoms with Crippen molar-refractivity contribution in [3.8, 4) is 0 Å². The van der Waals surface area contributed by atoms with E-state index in [-0.39, 0.29) is 28.2 Å². The van der Waals surface area contributed by atoms with Crippen molar-refractivity contribution in [2.24, 2.45) is 5.92 Å². The van der Waals surface area contributed by atoms with Gasteiger partial charge in [0.05, 0.1) is 6.04 Å². The Kier molecular flexibility index (Phi) is 3.75. The van der Waals surface area contributed by atoms with Crippen molar-refractivity contribution in [2.45, 2.75) is 18.9 Å². The number of carboxylic acid groups (broad SMARTS) is 1. The Balaban J connectivity index is 1.55. The Bertz CT molecular complexity index is 907. The smallest absolute Gasteiger partial charge is 0.359 e. The van der Waals surface area contributed by atoms with Crippen molar-refractivity contribution in [1.29, 1.82) is 0 Å². The zero-order valence-corrected chi connectivity index (χ0v) is 13.9. The van der Waals surface area contributed by atoms with E-state index >= 15 is 0 Å². The monoisotopic (exact) mass is 361 g/mol. The largest absolute Gasteiger partial charge is 0.476 e. The quantitative estimate of drug-likeness (QED) is 0.825. The molecule has 2 aliphatic rings. The van der Waals surface area contributed by atoms with E-state index in [0.717, 1.165) is 30.1 Å². The Morgan fingerprint density at radius 2 is 2.16 bits per heavy atom. The molecule has 0 saturated carbocycles. The number of hydrogen-bond acceptors (Lipinski definition) is 6. The molecular formula is C15H15N5O4S. The van der Waals surface area contributed by atoms with Crippen molar-refractivity contribution in [2.75, 3.05) is 18.4 Å². The Morgan fingerprint density at radius 3 is 2.96 bits per heavy atom. The Labute approximate surface area is 146 Å². The van der Waals surface area contributed by atoms with Crippen molar-refractivity contribution in [1.82, 2.24) is 19.1 Å². The topological polar surface area (TPSA) is 117 Å². The van der Waals surface area contributed by atoms with Crippen molar-refractivity contribution >= 4 is 28.5 Å². The average Bonchev–Trinajstić information content (AvgIpc) is 3.02. The normalized spacial score (nSPS) is 21.5. The molecule has 2 amide bonds. The third-order valence-electron chi connectivity index (χ3n) is 4.65. The molecule has 1 fully saturated rings. The van der Waals surface area contributed by atoms with Gasteiger partial charge < -0.3 is 14.6 Å². The molecule has 2 atom stereocenters. The second-order valence-corrected chi connectivity index (χ2v) is 7.03. The highest BCUT2D eigenvalue weighted by Gasteiger charge is 2.36. The molecule has 2 aromatic rings. The van der Waals surface area contributed by atoms with E-state index in [1.165, 1.54) is 6.07 Å². The van der Waals surface area contributed by atoms with Crippen molar-refractivity contribution in [3.05, 3.63) is 39.9 Å². The molecule has 0 aromatic carbocycles. The number of carbonyl (C=O) groups excluding carboxylic acids is 1. The summed E-state index contributed by atoms with van der Waals surface area (Å²) in [5, 5.41) is 15.3. The maximum Gasteiger partial charge on any atom is 0.359 e. The maximum absolute atomic E-state index is 12.6. The number of hydrogen-bond donors (Lipinski definition) is 2. The van der Waals surface area contributed by atoms with Crippen LogP contribution in [0.2, 0.25) is 0 Å². The third-order valence-corrected chi connectivity index (χ3v) is 5.29. The first kappa shape index (κ1) is 15.8. The predicted octanol–water partition coefficient (Wildman–Crippen LogP) is 1.05. The molecule has 130 valence electrons. The average molecular weight is 361 g/mol. The van der Waals surface area contributed by atoms with Gasteiger partial charge in [0, 0.05) is 36.4 Å². The summed E-state index contributed by atoms with van der Waals surface area (Å²) in [6.07, 6.45) is 1.61. The number of carboxylic acids is 1. The molecule has 4 heterocycles. The fraction of sp³-hybridized carbons (Fsp3) is 0.400. The van der Waals surface area contributed by atoms with Gasteiger partial charge in [-0.15, -0.1) is 5.10 Å². The lowest BCUT2D eigenvalue weighted by atomic mass is 9.86. The van der Waals surface area contributed by atoms with Gasteiger partial charge in [0.15, 0.2) is 5.00 Å². The number of pyridine rings is 1. The number of carbonyl (C=O) groups is 2. The minimum absolute atomic E-state index is 0.0528. The summed E-state index contributed by atoms with van der Waals surface area (Å²) in [4.78, 5) is 37.4. The summed E-state index contributed by atoms with van der Waals surface area (Å²) in [7, 11) is 0. The molecule has 9 nitrogen and oxygen atoms in total. The van der Waals surface area contributed by atoms with Crippen LogP contribution >= 0.6 is 11.5 Å². The van der Waals surface area contributed by atoms with Crippen LogP contribution in [0.3, 0.4) is 0 Å². The van der Waals surface area contributed by atoms with E-state index in [1.54, 1.807) is 15.5 Å². The fourth-order valence-electron chi connectivity index (χ4n) is 3.68. The highest BCUT2D eigenvalue weighted by molar-refractivity contribution is 7.10. The molecule has 2 aromatic heterocycles. The number of fused-ring (bicyclic) bond motifs is 4. The summed E-state index contributed by atoms with van der Waals surface area (Å²) in [5.41, 5.74) is 0.689. The van der Waals surface area contributed by atoms with Crippen molar-refractivity contribution in [3.63, 3.8) is 0 Å². The van der Waals surface area contributed by atoms with E-state index < -0.39 is 12.0 Å². The van der Waals surface area contributed by atoms with Crippen LogP contribution in [0.5, 0.6) is 0 Å². The summed E-state index contributed by atoms with van der Waals surface area (Å²) >= 11 is 0.827. The lowest BCUT2D eigenvalue weighted by Gasteiger charge is -2.42. The van der Waals surface area contributed by atoms with Crippen LogP contribution in [-0.2, 0) is 6.42 Å². The number of urea groups is 1. The van der Waals surface area contributed by atoms with Crippen LogP contribution in [-0.4, -0.2) is 49.3 Å². The first-order chi connectivity index (χ1) is 12.0. The second kappa shape index (κ2) is 5.96. The van der Waals surface area contributed by atoms with Gasteiger partial charge >= 0.3 is 12.0 Å². The highest BCUT2D eigenvalue weighted by atomic mass is 32.1. The SMILES string of the molecule is O=C(O)c1nnsc1NC(=O)N1C[C@H]2Cc3cccc(=O)n3[C@H](C2)C1. The number of rotatable bonds is 2. The number of anilines is 1. The van der Waals surface area contributed by atoms with E-state index in [2.05, 4.69) is 14.9 Å². The van der Waals surface area contributed by atoms with Gasteiger partial charge in [-0.2, -0.15) is 0 Å². The van der Waals surface area contributed by atoms with Crippen LogP contribution in [0.1, 0.15) is 28.6 Å². The molecule has 0 radical (unpaired) electrons. The minimum atomic E-state index is -1.24. The van der Waals surface area contributed by atoms with Crippen molar-refractivity contribution < 1.29 is 14.7 Å². The van der Waals surface area contributed by atoms with Crippen LogP contribution in [0.25, 0.3) is 0 Å². The number of piperidine rings is 1. The molecule has 1 saturated heterocycles. The first-order valence-corrected chi connectivity index (χ1v) is 8.62. The maximum atomic E-state index is 12.6. The predicted molar refractivity (Wildman–Crippen MR) is 89.0 cm³/mol. The van der Waals surface area contributed by atoms with Gasteiger partial charge in [0.25, 0.3) is 5.56 Å². The Morgan fingerprint density at radius 1 is 1.32 bits per heavy atom. The zero-order valence-electron chi connectivity index (χ0n) is 13.1. The van der Waals surface area contributed by atoms with Gasteiger partial charge in [-0.05, 0) is 24.8 Å². The van der Waals surface area contributed by atoms with Gasteiger partial charge in [-0.1, -0.05) is 10.6 Å². The fourth-order valence-corrected chi connectivity index (χ4v) is 4.24. The number of amides is 2. The van der Waals surface area contributed by atoms with Gasteiger partial charge in [0.2, 0.25) is 5.69 Å². The van der Waals surface area contributed by atoms with E-state index in [4.69, 9.17) is 5.11 Å². The van der Waals surface area contributed by atoms with Crippen LogP contribution in [0, 0.1) is 5.92 Å². The summed E-state index contributed by atoms with van der Waals surface area (Å²) in [6.45, 7) is 0.980. The first-order valence-electron chi connectivity index (χ1n) is 7.85. The zero-order chi connectivity index (χ0) is 17.6. The number of nitrogens with zero attached hydrogens (tertiary/aromatic N) is 4. The van der Waals surface area contributed by atoms with Crippen LogP contribution in [0.15, 0.2) is 23.0 Å². The minimum Gasteiger partial charge on any atom is -0.476 e. The molecule has 0 spiro atoms. The molecule has 0 aliphatic carbocycles. The lowest BCUT2D eigenvalue weighted by Crippen LogP contribution is -2.51. The number of nitrogens with one attached hydrogen (secondary N) is 1. The third kappa shape index (κ3) is 2.78. The molecule has 0 unspecified atom stereocenters. The lowest BCUT2D eigenvalue weighted by molar-refractivity contribution is 0.0691. The standard InChI is InChI=1S/C15H15N5O4S/c21-11-3-1-2-9-4-8-5-10(20(9)11)7-19(6-8)15(24)16-13-12(14(22)23)17-18-25-13/h1-3,8,10H,4-7H2,(H,16,24)(H,22,23)/t8-,10+/m0/s1. The molecule has 2 N–H and O–H groups in total.